The molecule has 238 valence electrons. The third kappa shape index (κ3) is 4.58. The summed E-state index contributed by atoms with van der Waals surface area (Å²) in [6.45, 7) is 0. The third-order valence-corrected chi connectivity index (χ3v) is 10.4. The van der Waals surface area contributed by atoms with Crippen molar-refractivity contribution < 1.29 is 0 Å². The fourth-order valence-corrected chi connectivity index (χ4v) is 8.12. The lowest BCUT2D eigenvalue weighted by atomic mass is 9.72. The Morgan fingerprint density at radius 3 is 2.42 bits per heavy atom. The molecule has 7 aromatic rings. The monoisotopic (exact) mass is 643 g/mol. The number of hydrogen-bond donors (Lipinski definition) is 0. The first-order chi connectivity index (χ1) is 24.8. The van der Waals surface area contributed by atoms with Gasteiger partial charge in [0, 0.05) is 40.3 Å². The molecule has 0 radical (unpaired) electrons. The number of allylic oxidation sites excluding steroid dienone is 7. The molecule has 0 fully saturated rings. The van der Waals surface area contributed by atoms with Crippen molar-refractivity contribution in [2.45, 2.75) is 24.8 Å². The molecule has 2 atom stereocenters. The van der Waals surface area contributed by atoms with Gasteiger partial charge in [-0.3, -0.25) is 4.90 Å². The second-order valence-electron chi connectivity index (χ2n) is 13.1. The lowest BCUT2D eigenvalue weighted by Crippen LogP contribution is -2.20. The minimum atomic E-state index is 0.134. The number of hydrogen-bond acceptors (Lipinski definition) is 4. The summed E-state index contributed by atoms with van der Waals surface area (Å²) in [7, 11) is 0. The summed E-state index contributed by atoms with van der Waals surface area (Å²) in [6.07, 6.45) is 19.1. The molecule has 3 aromatic carbocycles. The first-order valence-electron chi connectivity index (χ1n) is 17.3. The number of pyridine rings is 3. The van der Waals surface area contributed by atoms with Crippen LogP contribution in [0, 0.1) is 0 Å². The smallest absolute Gasteiger partial charge is 0.141 e. The van der Waals surface area contributed by atoms with Gasteiger partial charge in [0.25, 0.3) is 0 Å². The molecule has 0 bridgehead atoms. The molecular formula is C45H33N5. The number of rotatable bonds is 5. The highest BCUT2D eigenvalue weighted by molar-refractivity contribution is 6.06. The van der Waals surface area contributed by atoms with Crippen molar-refractivity contribution in [3.05, 3.63) is 181 Å². The molecule has 5 nitrogen and oxygen atoms in total. The highest BCUT2D eigenvalue weighted by Crippen LogP contribution is 2.50. The molecule has 4 aromatic heterocycles. The van der Waals surface area contributed by atoms with Crippen molar-refractivity contribution in [1.29, 1.82) is 0 Å². The summed E-state index contributed by atoms with van der Waals surface area (Å²) >= 11 is 0. The topological polar surface area (TPSA) is 46.8 Å². The van der Waals surface area contributed by atoms with Gasteiger partial charge in [0.1, 0.15) is 17.3 Å². The first-order valence-corrected chi connectivity index (χ1v) is 17.3. The van der Waals surface area contributed by atoms with Crippen LogP contribution in [-0.2, 0) is 0 Å². The molecule has 2 unspecified atom stereocenters. The highest BCUT2D eigenvalue weighted by atomic mass is 15.2. The minimum Gasteiger partial charge on any atom is -0.318 e. The molecule has 5 heteroatoms. The standard InChI is InChI=1S/C45H33N5/c1-2-13-35-33(11-1)34-12-3-4-14-36(34)40-29-30(21-26-37(35)40)41-17-9-20-44(48-41)50(43-19-7-8-27-46-43)32-24-22-31(23-25-32)49-42-18-6-5-15-38(42)39-16-10-28-47-45(39)49/h1-12,14-22,24-29,31,35H,13,23H2. The van der Waals surface area contributed by atoms with Crippen molar-refractivity contribution in [2.75, 3.05) is 4.90 Å². The molecule has 50 heavy (non-hydrogen) atoms. The minimum absolute atomic E-state index is 0.134. The van der Waals surface area contributed by atoms with E-state index in [4.69, 9.17) is 15.0 Å². The zero-order chi connectivity index (χ0) is 33.0. The number of anilines is 2. The van der Waals surface area contributed by atoms with Gasteiger partial charge in [-0.25, -0.2) is 15.0 Å². The van der Waals surface area contributed by atoms with Crippen LogP contribution in [0.25, 0.3) is 49.9 Å². The fraction of sp³-hybridized carbons (Fsp3) is 0.0889. The average Bonchev–Trinajstić information content (AvgIpc) is 3.53. The number of para-hydroxylation sites is 1. The third-order valence-electron chi connectivity index (χ3n) is 10.4. The number of benzene rings is 3. The van der Waals surface area contributed by atoms with Crippen molar-refractivity contribution in [3.8, 4) is 22.4 Å². The summed E-state index contributed by atoms with van der Waals surface area (Å²) in [5.41, 5.74) is 12.0. The van der Waals surface area contributed by atoms with E-state index in [1.807, 2.05) is 36.7 Å². The van der Waals surface area contributed by atoms with E-state index in [1.54, 1.807) is 0 Å². The van der Waals surface area contributed by atoms with E-state index in [2.05, 4.69) is 137 Å². The summed E-state index contributed by atoms with van der Waals surface area (Å²) in [5.74, 6) is 2.04. The zero-order valence-corrected chi connectivity index (χ0v) is 27.4. The highest BCUT2D eigenvalue weighted by Gasteiger charge is 2.29. The van der Waals surface area contributed by atoms with Gasteiger partial charge in [0.05, 0.1) is 17.3 Å². The maximum Gasteiger partial charge on any atom is 0.141 e. The molecule has 0 N–H and O–H groups in total. The van der Waals surface area contributed by atoms with E-state index in [-0.39, 0.29) is 6.04 Å². The SMILES string of the molecule is C1=CCC2C(=C1)c1ccccc1-c1cc(-c3cccc(N(C4=CCC(n5c6ccccc6c6cccnc65)C=C4)c4ccccn4)n3)ccc12. The van der Waals surface area contributed by atoms with Crippen LogP contribution in [0.1, 0.15) is 35.9 Å². The van der Waals surface area contributed by atoms with E-state index >= 15 is 0 Å². The Morgan fingerprint density at radius 1 is 0.680 bits per heavy atom. The molecule has 0 aliphatic heterocycles. The van der Waals surface area contributed by atoms with E-state index in [9.17, 15) is 0 Å². The second-order valence-corrected chi connectivity index (χ2v) is 13.1. The van der Waals surface area contributed by atoms with E-state index in [0.717, 1.165) is 47.1 Å². The van der Waals surface area contributed by atoms with Crippen LogP contribution in [0.2, 0.25) is 0 Å². The van der Waals surface area contributed by atoms with Crippen LogP contribution in [0.3, 0.4) is 0 Å². The van der Waals surface area contributed by atoms with Crippen molar-refractivity contribution in [3.63, 3.8) is 0 Å². The summed E-state index contributed by atoms with van der Waals surface area (Å²) in [6, 6.07) is 40.9. The first kappa shape index (κ1) is 28.7. The Hall–Kier alpha value is -6.33. The normalized spacial score (nSPS) is 17.5. The van der Waals surface area contributed by atoms with Gasteiger partial charge in [-0.2, -0.15) is 0 Å². The molecule has 4 heterocycles. The van der Waals surface area contributed by atoms with E-state index in [0.29, 0.717) is 5.92 Å². The van der Waals surface area contributed by atoms with E-state index in [1.165, 1.54) is 44.1 Å². The van der Waals surface area contributed by atoms with Gasteiger partial charge in [0.15, 0.2) is 0 Å². The molecule has 10 rings (SSSR count). The molecule has 3 aliphatic rings. The van der Waals surface area contributed by atoms with Gasteiger partial charge in [-0.05, 0) is 95.3 Å². The van der Waals surface area contributed by atoms with Crippen molar-refractivity contribution in [1.82, 2.24) is 19.5 Å². The maximum atomic E-state index is 5.31. The summed E-state index contributed by atoms with van der Waals surface area (Å²) in [4.78, 5) is 17.1. The predicted octanol–water partition coefficient (Wildman–Crippen LogP) is 11.0. The number of nitrogens with zero attached hydrogens (tertiary/aromatic N) is 5. The van der Waals surface area contributed by atoms with Gasteiger partial charge >= 0.3 is 0 Å². The Labute approximate surface area is 290 Å². The van der Waals surface area contributed by atoms with Crippen LogP contribution >= 0.6 is 0 Å². The number of aromatic nitrogens is 4. The van der Waals surface area contributed by atoms with Crippen molar-refractivity contribution in [2.24, 2.45) is 0 Å². The molecule has 3 aliphatic carbocycles. The van der Waals surface area contributed by atoms with Gasteiger partial charge in [-0.15, -0.1) is 0 Å². The molecule has 0 spiro atoms. The summed E-state index contributed by atoms with van der Waals surface area (Å²) in [5, 5.41) is 2.41. The van der Waals surface area contributed by atoms with Crippen LogP contribution in [0.15, 0.2) is 170 Å². The Morgan fingerprint density at radius 2 is 1.52 bits per heavy atom. The molecule has 0 saturated carbocycles. The molecule has 0 amide bonds. The number of fused-ring (bicyclic) bond motifs is 9. The van der Waals surface area contributed by atoms with Crippen LogP contribution in [0.4, 0.5) is 11.6 Å². The van der Waals surface area contributed by atoms with Crippen LogP contribution in [-0.4, -0.2) is 19.5 Å². The molecular weight excluding hydrogens is 611 g/mol. The average molecular weight is 644 g/mol. The lowest BCUT2D eigenvalue weighted by molar-refractivity contribution is 0.638. The maximum absolute atomic E-state index is 5.31. The molecule has 0 saturated heterocycles. The van der Waals surface area contributed by atoms with Crippen LogP contribution < -0.4 is 4.90 Å². The Balaban J connectivity index is 1.03. The van der Waals surface area contributed by atoms with Crippen LogP contribution in [0.5, 0.6) is 0 Å². The van der Waals surface area contributed by atoms with Gasteiger partial charge in [0.2, 0.25) is 0 Å². The van der Waals surface area contributed by atoms with Gasteiger partial charge in [-0.1, -0.05) is 97.1 Å². The van der Waals surface area contributed by atoms with Crippen molar-refractivity contribution >= 4 is 39.1 Å². The van der Waals surface area contributed by atoms with Gasteiger partial charge < -0.3 is 4.57 Å². The summed E-state index contributed by atoms with van der Waals surface area (Å²) < 4.78 is 2.37. The largest absolute Gasteiger partial charge is 0.318 e. The Bertz CT molecular complexity index is 2520. The fourth-order valence-electron chi connectivity index (χ4n) is 8.12. The lowest BCUT2D eigenvalue weighted by Gasteiger charge is -2.32. The Kier molecular flexibility index (Phi) is 6.69. The quantitative estimate of drug-likeness (QED) is 0.187. The van der Waals surface area contributed by atoms with E-state index < -0.39 is 0 Å². The zero-order valence-electron chi connectivity index (χ0n) is 27.4. The predicted molar refractivity (Wildman–Crippen MR) is 204 cm³/mol. The second kappa shape index (κ2) is 11.7.